The van der Waals surface area contributed by atoms with Crippen LogP contribution in [0, 0.1) is 5.92 Å². The molecule has 1 aliphatic rings. The number of carbonyl (C=O) groups excluding carboxylic acids is 1. The average Bonchev–Trinajstić information content (AvgIpc) is 3.26. The van der Waals surface area contributed by atoms with Gasteiger partial charge in [-0.15, -0.1) is 0 Å². The van der Waals surface area contributed by atoms with Crippen LogP contribution in [0.5, 0.6) is 11.5 Å². The number of ether oxygens (including phenoxy) is 2. The molecule has 0 radical (unpaired) electrons. The van der Waals surface area contributed by atoms with Crippen molar-refractivity contribution in [2.75, 3.05) is 33.9 Å². The van der Waals surface area contributed by atoms with Gasteiger partial charge in [-0.25, -0.2) is 13.1 Å². The molecule has 1 amide bonds. The van der Waals surface area contributed by atoms with Crippen LogP contribution in [-0.4, -0.2) is 53.1 Å². The molecule has 0 spiro atoms. The minimum Gasteiger partial charge on any atom is -0.497 e. The molecule has 1 fully saturated rings. The quantitative estimate of drug-likeness (QED) is 0.754. The molecule has 0 unspecified atom stereocenters. The molecule has 28 heavy (non-hydrogen) atoms. The van der Waals surface area contributed by atoms with Crippen molar-refractivity contribution in [3.63, 3.8) is 0 Å². The second-order valence-electron chi connectivity index (χ2n) is 6.62. The van der Waals surface area contributed by atoms with Crippen molar-refractivity contribution in [2.45, 2.75) is 17.7 Å². The van der Waals surface area contributed by atoms with Gasteiger partial charge in [0, 0.05) is 25.7 Å². The number of rotatable bonds is 7. The summed E-state index contributed by atoms with van der Waals surface area (Å²) < 4.78 is 43.3. The monoisotopic (exact) mass is 408 g/mol. The summed E-state index contributed by atoms with van der Waals surface area (Å²) in [5.74, 6) is 0.848. The van der Waals surface area contributed by atoms with Crippen molar-refractivity contribution >= 4 is 15.9 Å². The van der Waals surface area contributed by atoms with Crippen molar-refractivity contribution in [3.8, 4) is 11.5 Å². The fourth-order valence-electron chi connectivity index (χ4n) is 3.21. The smallest absolute Gasteiger partial charge is 0.257 e. The molecule has 1 aliphatic heterocycles. The van der Waals surface area contributed by atoms with Crippen LogP contribution in [0.2, 0.25) is 0 Å². The van der Waals surface area contributed by atoms with E-state index in [1.165, 1.54) is 38.9 Å². The number of benzene rings is 1. The Labute approximate surface area is 164 Å². The van der Waals surface area contributed by atoms with E-state index in [-0.39, 0.29) is 22.5 Å². The van der Waals surface area contributed by atoms with Gasteiger partial charge in [-0.05, 0) is 37.0 Å². The van der Waals surface area contributed by atoms with E-state index < -0.39 is 10.0 Å². The number of hydrogen-bond donors (Lipinski definition) is 1. The molecule has 0 aliphatic carbocycles. The minimum absolute atomic E-state index is 0.0595. The third-order valence-corrected chi connectivity index (χ3v) is 6.36. The molecule has 1 aromatic heterocycles. The first kappa shape index (κ1) is 20.2. The SMILES string of the molecule is COc1ccc(S(=O)(=O)NCC2CCN(C(=O)c3ccoc3)CC2)c(OC)c1. The number of nitrogens with zero attached hydrogens (tertiary/aromatic N) is 1. The van der Waals surface area contributed by atoms with Gasteiger partial charge in [0.05, 0.1) is 26.0 Å². The second kappa shape index (κ2) is 8.66. The van der Waals surface area contributed by atoms with Crippen LogP contribution in [-0.2, 0) is 10.0 Å². The van der Waals surface area contributed by atoms with Gasteiger partial charge in [0.1, 0.15) is 22.7 Å². The van der Waals surface area contributed by atoms with Crippen molar-refractivity contribution in [3.05, 3.63) is 42.4 Å². The summed E-state index contributed by atoms with van der Waals surface area (Å²) in [5.41, 5.74) is 0.533. The molecule has 1 N–H and O–H groups in total. The van der Waals surface area contributed by atoms with Gasteiger partial charge in [0.15, 0.2) is 0 Å². The maximum atomic E-state index is 12.7. The molecule has 3 rings (SSSR count). The highest BCUT2D eigenvalue weighted by molar-refractivity contribution is 7.89. The van der Waals surface area contributed by atoms with Gasteiger partial charge in [0.25, 0.3) is 5.91 Å². The average molecular weight is 408 g/mol. The first-order valence-electron chi connectivity index (χ1n) is 8.97. The zero-order valence-corrected chi connectivity index (χ0v) is 16.7. The first-order valence-corrected chi connectivity index (χ1v) is 10.5. The summed E-state index contributed by atoms with van der Waals surface area (Å²) >= 11 is 0. The maximum absolute atomic E-state index is 12.7. The Hall–Kier alpha value is -2.52. The Morgan fingerprint density at radius 1 is 1.21 bits per heavy atom. The van der Waals surface area contributed by atoms with Gasteiger partial charge < -0.3 is 18.8 Å². The summed E-state index contributed by atoms with van der Waals surface area (Å²) in [5, 5.41) is 0. The number of hydrogen-bond acceptors (Lipinski definition) is 6. The van der Waals surface area contributed by atoms with Gasteiger partial charge in [-0.1, -0.05) is 0 Å². The third-order valence-electron chi connectivity index (χ3n) is 4.89. The maximum Gasteiger partial charge on any atom is 0.257 e. The first-order chi connectivity index (χ1) is 13.4. The lowest BCUT2D eigenvalue weighted by molar-refractivity contribution is 0.0691. The molecule has 0 bridgehead atoms. The molecule has 0 atom stereocenters. The van der Waals surface area contributed by atoms with Crippen LogP contribution < -0.4 is 14.2 Å². The lowest BCUT2D eigenvalue weighted by Crippen LogP contribution is -2.41. The summed E-state index contributed by atoms with van der Waals surface area (Å²) in [7, 11) is -0.794. The van der Waals surface area contributed by atoms with Crippen molar-refractivity contribution in [2.24, 2.45) is 5.92 Å². The Morgan fingerprint density at radius 3 is 2.57 bits per heavy atom. The third kappa shape index (κ3) is 4.48. The number of likely N-dealkylation sites (tertiary alicyclic amines) is 1. The standard InChI is InChI=1S/C19H24N2O6S/c1-25-16-3-4-18(17(11-16)26-2)28(23,24)20-12-14-5-8-21(9-6-14)19(22)15-7-10-27-13-15/h3-4,7,10-11,13-14,20H,5-6,8-9,12H2,1-2H3. The van der Waals surface area contributed by atoms with E-state index in [4.69, 9.17) is 13.9 Å². The fourth-order valence-corrected chi connectivity index (χ4v) is 4.48. The largest absolute Gasteiger partial charge is 0.497 e. The highest BCUT2D eigenvalue weighted by atomic mass is 32.2. The van der Waals surface area contributed by atoms with E-state index >= 15 is 0 Å². The summed E-state index contributed by atoms with van der Waals surface area (Å²) in [6, 6.07) is 6.22. The summed E-state index contributed by atoms with van der Waals surface area (Å²) in [6.45, 7) is 1.48. The van der Waals surface area contributed by atoms with Crippen LogP contribution in [0.15, 0.2) is 46.1 Å². The van der Waals surface area contributed by atoms with Gasteiger partial charge in [-0.2, -0.15) is 0 Å². The van der Waals surface area contributed by atoms with E-state index in [0.29, 0.717) is 30.9 Å². The second-order valence-corrected chi connectivity index (χ2v) is 8.35. The number of furan rings is 1. The lowest BCUT2D eigenvalue weighted by Gasteiger charge is -2.31. The number of nitrogens with one attached hydrogen (secondary N) is 1. The van der Waals surface area contributed by atoms with Gasteiger partial charge in [-0.3, -0.25) is 4.79 Å². The number of sulfonamides is 1. The van der Waals surface area contributed by atoms with Crippen molar-refractivity contribution in [1.82, 2.24) is 9.62 Å². The van der Waals surface area contributed by atoms with Gasteiger partial charge in [0.2, 0.25) is 10.0 Å². The number of methoxy groups -OCH3 is 2. The van der Waals surface area contributed by atoms with E-state index in [0.717, 1.165) is 12.8 Å². The fraction of sp³-hybridized carbons (Fsp3) is 0.421. The summed E-state index contributed by atoms with van der Waals surface area (Å²) in [6.07, 6.45) is 4.37. The highest BCUT2D eigenvalue weighted by Crippen LogP contribution is 2.28. The predicted octanol–water partition coefficient (Wildman–Crippen LogP) is 2.13. The molecule has 8 nitrogen and oxygen atoms in total. The van der Waals surface area contributed by atoms with Crippen LogP contribution in [0.4, 0.5) is 0 Å². The Bertz CT molecular complexity index is 903. The molecule has 2 heterocycles. The number of piperidine rings is 1. The van der Waals surface area contributed by atoms with Crippen LogP contribution in [0.1, 0.15) is 23.2 Å². The predicted molar refractivity (Wildman–Crippen MR) is 102 cm³/mol. The Balaban J connectivity index is 1.57. The van der Waals surface area contributed by atoms with E-state index in [2.05, 4.69) is 4.72 Å². The molecule has 1 aromatic carbocycles. The normalized spacial score (nSPS) is 15.4. The molecular formula is C19H24N2O6S. The van der Waals surface area contributed by atoms with E-state index in [1.807, 2.05) is 0 Å². The van der Waals surface area contributed by atoms with Crippen LogP contribution in [0.3, 0.4) is 0 Å². The number of amides is 1. The molecule has 9 heteroatoms. The molecule has 152 valence electrons. The number of carbonyl (C=O) groups is 1. The minimum atomic E-state index is -3.72. The van der Waals surface area contributed by atoms with Crippen molar-refractivity contribution in [1.29, 1.82) is 0 Å². The molecule has 0 saturated carbocycles. The Kier molecular flexibility index (Phi) is 6.25. The van der Waals surface area contributed by atoms with Crippen LogP contribution >= 0.6 is 0 Å². The van der Waals surface area contributed by atoms with E-state index in [1.54, 1.807) is 17.0 Å². The topological polar surface area (TPSA) is 98.1 Å². The zero-order chi connectivity index (χ0) is 20.1. The summed E-state index contributed by atoms with van der Waals surface area (Å²) in [4.78, 5) is 14.2. The molecule has 2 aromatic rings. The highest BCUT2D eigenvalue weighted by Gasteiger charge is 2.26. The Morgan fingerprint density at radius 2 is 1.96 bits per heavy atom. The van der Waals surface area contributed by atoms with E-state index in [9.17, 15) is 13.2 Å². The van der Waals surface area contributed by atoms with Gasteiger partial charge >= 0.3 is 0 Å². The molecular weight excluding hydrogens is 384 g/mol. The zero-order valence-electron chi connectivity index (χ0n) is 15.9. The molecule has 1 saturated heterocycles. The lowest BCUT2D eigenvalue weighted by atomic mass is 9.97. The van der Waals surface area contributed by atoms with Crippen molar-refractivity contribution < 1.29 is 27.1 Å². The van der Waals surface area contributed by atoms with Crippen LogP contribution in [0.25, 0.3) is 0 Å².